The van der Waals surface area contributed by atoms with E-state index in [1.54, 1.807) is 0 Å². The number of hydrogen-bond donors (Lipinski definition) is 0. The van der Waals surface area contributed by atoms with E-state index in [4.69, 9.17) is 16.3 Å². The van der Waals surface area contributed by atoms with Crippen molar-refractivity contribution in [3.8, 4) is 0 Å². The molecule has 1 aromatic heterocycles. The second-order valence-corrected chi connectivity index (χ2v) is 5.61. The van der Waals surface area contributed by atoms with Crippen molar-refractivity contribution in [3.63, 3.8) is 0 Å². The van der Waals surface area contributed by atoms with Gasteiger partial charge in [-0.15, -0.1) is 11.6 Å². The summed E-state index contributed by atoms with van der Waals surface area (Å²) in [5.74, 6) is 2.00. The predicted molar refractivity (Wildman–Crippen MR) is 77.6 cm³/mol. The molecule has 0 radical (unpaired) electrons. The van der Waals surface area contributed by atoms with Crippen LogP contribution in [0.25, 0.3) is 11.0 Å². The monoisotopic (exact) mass is 278 g/mol. The van der Waals surface area contributed by atoms with Crippen molar-refractivity contribution in [1.29, 1.82) is 0 Å². The van der Waals surface area contributed by atoms with Crippen LogP contribution in [0.1, 0.15) is 24.2 Å². The van der Waals surface area contributed by atoms with E-state index in [1.807, 2.05) is 0 Å². The van der Waals surface area contributed by atoms with Crippen molar-refractivity contribution in [2.24, 2.45) is 5.92 Å². The number of alkyl halides is 1. The third kappa shape index (κ3) is 2.63. The number of benzene rings is 1. The first-order valence-electron chi connectivity index (χ1n) is 6.87. The Bertz CT molecular complexity index is 573. The molecule has 1 saturated heterocycles. The number of fused-ring (bicyclic) bond motifs is 1. The summed E-state index contributed by atoms with van der Waals surface area (Å²) in [4.78, 5) is 4.63. The summed E-state index contributed by atoms with van der Waals surface area (Å²) in [5.41, 5.74) is 3.49. The van der Waals surface area contributed by atoms with Crippen molar-refractivity contribution in [1.82, 2.24) is 9.55 Å². The topological polar surface area (TPSA) is 27.1 Å². The molecule has 4 heteroatoms. The molecule has 0 N–H and O–H groups in total. The smallest absolute Gasteiger partial charge is 0.124 e. The molecular formula is C15H19ClN2O. The number of halogens is 1. The van der Waals surface area contributed by atoms with E-state index in [9.17, 15) is 0 Å². The van der Waals surface area contributed by atoms with Crippen LogP contribution in [0.15, 0.2) is 18.2 Å². The maximum Gasteiger partial charge on any atom is 0.124 e. The first-order valence-corrected chi connectivity index (χ1v) is 7.41. The molecular weight excluding hydrogens is 260 g/mol. The Balaban J connectivity index is 1.97. The third-order valence-electron chi connectivity index (χ3n) is 3.80. The quantitative estimate of drug-likeness (QED) is 0.804. The average Bonchev–Trinajstić information content (AvgIpc) is 2.78. The van der Waals surface area contributed by atoms with Crippen molar-refractivity contribution in [3.05, 3.63) is 29.6 Å². The average molecular weight is 279 g/mol. The molecule has 2 aromatic rings. The van der Waals surface area contributed by atoms with Gasteiger partial charge < -0.3 is 9.30 Å². The lowest BCUT2D eigenvalue weighted by molar-refractivity contribution is 0.0485. The number of nitrogens with zero attached hydrogens (tertiary/aromatic N) is 2. The van der Waals surface area contributed by atoms with Crippen molar-refractivity contribution >= 4 is 22.6 Å². The lowest BCUT2D eigenvalue weighted by Gasteiger charge is -2.23. The minimum atomic E-state index is 0.460. The van der Waals surface area contributed by atoms with Gasteiger partial charge in [0.25, 0.3) is 0 Å². The molecule has 0 saturated carbocycles. The Kier molecular flexibility index (Phi) is 3.76. The van der Waals surface area contributed by atoms with Crippen LogP contribution >= 0.6 is 11.6 Å². The predicted octanol–water partition coefficient (Wildman–Crippen LogP) is 3.51. The summed E-state index contributed by atoms with van der Waals surface area (Å²) < 4.78 is 7.85. The minimum Gasteiger partial charge on any atom is -0.381 e. The maximum absolute atomic E-state index is 6.05. The first-order chi connectivity index (χ1) is 9.28. The van der Waals surface area contributed by atoms with Crippen molar-refractivity contribution < 1.29 is 4.74 Å². The van der Waals surface area contributed by atoms with Crippen LogP contribution in [0.3, 0.4) is 0 Å². The van der Waals surface area contributed by atoms with Gasteiger partial charge in [-0.3, -0.25) is 0 Å². The fourth-order valence-electron chi connectivity index (χ4n) is 2.80. The van der Waals surface area contributed by atoms with E-state index < -0.39 is 0 Å². The van der Waals surface area contributed by atoms with Crippen LogP contribution in [0.2, 0.25) is 0 Å². The van der Waals surface area contributed by atoms with E-state index in [0.717, 1.165) is 37.5 Å². The lowest BCUT2D eigenvalue weighted by Crippen LogP contribution is -2.22. The number of hydrogen-bond acceptors (Lipinski definition) is 2. The van der Waals surface area contributed by atoms with E-state index >= 15 is 0 Å². The number of imidazole rings is 1. The van der Waals surface area contributed by atoms with Crippen LogP contribution in [-0.2, 0) is 17.2 Å². The highest BCUT2D eigenvalue weighted by Gasteiger charge is 2.18. The van der Waals surface area contributed by atoms with Crippen LogP contribution in [0.5, 0.6) is 0 Å². The largest absolute Gasteiger partial charge is 0.381 e. The molecule has 0 spiro atoms. The van der Waals surface area contributed by atoms with Gasteiger partial charge in [0.1, 0.15) is 5.82 Å². The molecule has 19 heavy (non-hydrogen) atoms. The first kappa shape index (κ1) is 12.9. The van der Waals surface area contributed by atoms with Crippen molar-refractivity contribution in [2.75, 3.05) is 13.2 Å². The highest BCUT2D eigenvalue weighted by atomic mass is 35.5. The summed E-state index contributed by atoms with van der Waals surface area (Å²) in [6.07, 6.45) is 2.39. The molecule has 3 rings (SSSR count). The second kappa shape index (κ2) is 5.51. The molecule has 102 valence electrons. The standard InChI is InChI=1S/C15H19ClN2O/c1-11-4-5-13-14(7-11)18(15(8-16)17-13)9-12-3-2-6-19-10-12/h4-5,7,12H,2-3,6,8-10H2,1H3. The molecule has 1 unspecified atom stereocenters. The minimum absolute atomic E-state index is 0.460. The lowest BCUT2D eigenvalue weighted by atomic mass is 10.0. The summed E-state index contributed by atoms with van der Waals surface area (Å²) in [6, 6.07) is 6.37. The Hall–Kier alpha value is -1.06. The molecule has 1 aliphatic heterocycles. The van der Waals surface area contributed by atoms with Gasteiger partial charge in [0, 0.05) is 19.1 Å². The highest BCUT2D eigenvalue weighted by molar-refractivity contribution is 6.16. The van der Waals surface area contributed by atoms with E-state index in [0.29, 0.717) is 11.8 Å². The third-order valence-corrected chi connectivity index (χ3v) is 4.04. The normalized spacial score (nSPS) is 20.0. The van der Waals surface area contributed by atoms with Gasteiger partial charge >= 0.3 is 0 Å². The van der Waals surface area contributed by atoms with Gasteiger partial charge in [-0.05, 0) is 37.5 Å². The van der Waals surface area contributed by atoms with Gasteiger partial charge in [-0.25, -0.2) is 4.98 Å². The molecule has 0 bridgehead atoms. The van der Waals surface area contributed by atoms with Crippen LogP contribution in [0, 0.1) is 12.8 Å². The van der Waals surface area contributed by atoms with E-state index in [-0.39, 0.29) is 0 Å². The number of ether oxygens (including phenoxy) is 1. The molecule has 0 amide bonds. The summed E-state index contributed by atoms with van der Waals surface area (Å²) in [6.45, 7) is 4.83. The molecule has 1 aromatic carbocycles. The summed E-state index contributed by atoms with van der Waals surface area (Å²) in [7, 11) is 0. The summed E-state index contributed by atoms with van der Waals surface area (Å²) in [5, 5.41) is 0. The zero-order chi connectivity index (χ0) is 13.2. The Labute approximate surface area is 118 Å². The maximum atomic E-state index is 6.05. The van der Waals surface area contributed by atoms with Gasteiger partial charge in [0.15, 0.2) is 0 Å². The Morgan fingerprint density at radius 1 is 1.47 bits per heavy atom. The second-order valence-electron chi connectivity index (χ2n) is 5.35. The molecule has 1 atom stereocenters. The fourth-order valence-corrected chi connectivity index (χ4v) is 3.00. The zero-order valence-corrected chi connectivity index (χ0v) is 12.0. The molecule has 2 heterocycles. The SMILES string of the molecule is Cc1ccc2nc(CCl)n(CC3CCCOC3)c2c1. The van der Waals surface area contributed by atoms with Crippen molar-refractivity contribution in [2.45, 2.75) is 32.2 Å². The molecule has 0 aliphatic carbocycles. The van der Waals surface area contributed by atoms with Crippen LogP contribution in [0.4, 0.5) is 0 Å². The molecule has 3 nitrogen and oxygen atoms in total. The Morgan fingerprint density at radius 3 is 3.11 bits per heavy atom. The highest BCUT2D eigenvalue weighted by Crippen LogP contribution is 2.23. The Morgan fingerprint density at radius 2 is 2.37 bits per heavy atom. The fraction of sp³-hybridized carbons (Fsp3) is 0.533. The molecule has 1 fully saturated rings. The molecule has 1 aliphatic rings. The van der Waals surface area contributed by atoms with Gasteiger partial charge in [-0.2, -0.15) is 0 Å². The van der Waals surface area contributed by atoms with Crippen LogP contribution < -0.4 is 0 Å². The van der Waals surface area contributed by atoms with E-state index in [1.165, 1.54) is 17.5 Å². The van der Waals surface area contributed by atoms with Gasteiger partial charge in [-0.1, -0.05) is 6.07 Å². The zero-order valence-electron chi connectivity index (χ0n) is 11.2. The van der Waals surface area contributed by atoms with E-state index in [2.05, 4.69) is 34.7 Å². The van der Waals surface area contributed by atoms with Gasteiger partial charge in [0.05, 0.1) is 23.5 Å². The summed E-state index contributed by atoms with van der Waals surface area (Å²) >= 11 is 6.05. The van der Waals surface area contributed by atoms with Gasteiger partial charge in [0.2, 0.25) is 0 Å². The number of aryl methyl sites for hydroxylation is 1. The number of aromatic nitrogens is 2. The number of rotatable bonds is 3. The van der Waals surface area contributed by atoms with Crippen LogP contribution in [-0.4, -0.2) is 22.8 Å².